The Morgan fingerprint density at radius 2 is 1.42 bits per heavy atom. The van der Waals surface area contributed by atoms with Crippen LogP contribution in [0, 0.1) is 11.8 Å². The van der Waals surface area contributed by atoms with E-state index < -0.39 is 66.2 Å². The van der Waals surface area contributed by atoms with E-state index >= 15 is 0 Å². The molecule has 12 heteroatoms. The summed E-state index contributed by atoms with van der Waals surface area (Å²) in [5.41, 5.74) is 5.59. The first-order valence-corrected chi connectivity index (χ1v) is 10.6. The molecule has 4 atom stereocenters. The molecular weight excluding hydrogens is 428 g/mol. The predicted molar refractivity (Wildman–Crippen MR) is 116 cm³/mol. The van der Waals surface area contributed by atoms with E-state index in [0.717, 1.165) is 0 Å². The lowest BCUT2D eigenvalue weighted by Crippen LogP contribution is -2.58. The average molecular weight is 463 g/mol. The summed E-state index contributed by atoms with van der Waals surface area (Å²) >= 11 is 3.91. The van der Waals surface area contributed by atoms with Gasteiger partial charge < -0.3 is 31.9 Å². The van der Waals surface area contributed by atoms with Crippen molar-refractivity contribution in [2.24, 2.45) is 17.6 Å². The number of carboxylic acid groups (broad SMARTS) is 2. The smallest absolute Gasteiger partial charge is 0.326 e. The molecule has 0 heterocycles. The molecule has 0 bridgehead atoms. The summed E-state index contributed by atoms with van der Waals surface area (Å²) in [7, 11) is 0. The van der Waals surface area contributed by atoms with Gasteiger partial charge in [-0.2, -0.15) is 12.6 Å². The highest BCUT2D eigenvalue weighted by Gasteiger charge is 2.32. The van der Waals surface area contributed by atoms with Gasteiger partial charge >= 0.3 is 11.9 Å². The Morgan fingerprint density at radius 1 is 0.871 bits per heavy atom. The molecule has 0 aromatic rings. The van der Waals surface area contributed by atoms with Gasteiger partial charge in [-0.25, -0.2) is 4.79 Å². The molecule has 0 saturated carbocycles. The number of thiol groups is 1. The third kappa shape index (κ3) is 11.0. The average Bonchev–Trinajstić information content (AvgIpc) is 2.66. The third-order valence-corrected chi connectivity index (χ3v) is 4.78. The van der Waals surface area contributed by atoms with E-state index in [2.05, 4.69) is 28.6 Å². The molecule has 0 aliphatic rings. The van der Waals surface area contributed by atoms with Crippen LogP contribution in [0.1, 0.15) is 47.0 Å². The molecule has 0 aliphatic carbocycles. The number of nitrogens with one attached hydrogen (secondary N) is 3. The summed E-state index contributed by atoms with van der Waals surface area (Å²) in [6, 6.07) is -4.46. The Balaban J connectivity index is 5.43. The molecule has 0 rings (SSSR count). The van der Waals surface area contributed by atoms with Crippen molar-refractivity contribution in [2.75, 3.05) is 5.75 Å². The van der Waals surface area contributed by atoms with Gasteiger partial charge in [-0.15, -0.1) is 0 Å². The maximum absolute atomic E-state index is 12.7. The Bertz CT molecular complexity index is 657. The second-order valence-corrected chi connectivity index (χ2v) is 8.41. The van der Waals surface area contributed by atoms with E-state index in [0.29, 0.717) is 0 Å². The van der Waals surface area contributed by atoms with Crippen molar-refractivity contribution in [3.63, 3.8) is 0 Å². The predicted octanol–water partition coefficient (Wildman–Crippen LogP) is -0.651. The SMILES string of the molecule is CC(C)CC(NC(=O)C(NC(=O)C(CCC(=O)O)NC(=O)C(N)CS)C(C)C)C(=O)O. The second-order valence-electron chi connectivity index (χ2n) is 8.04. The first-order valence-electron chi connectivity index (χ1n) is 10.0. The van der Waals surface area contributed by atoms with Crippen molar-refractivity contribution in [3.8, 4) is 0 Å². The number of carboxylic acids is 2. The Hall–Kier alpha value is -2.34. The van der Waals surface area contributed by atoms with Crippen LogP contribution in [0.25, 0.3) is 0 Å². The minimum Gasteiger partial charge on any atom is -0.481 e. The van der Waals surface area contributed by atoms with Gasteiger partial charge in [-0.05, 0) is 24.7 Å². The van der Waals surface area contributed by atoms with Crippen LogP contribution in [0.4, 0.5) is 0 Å². The normalized spacial score (nSPS) is 15.0. The highest BCUT2D eigenvalue weighted by atomic mass is 32.1. The molecule has 4 unspecified atom stereocenters. The first kappa shape index (κ1) is 28.7. The molecule has 0 aromatic heterocycles. The van der Waals surface area contributed by atoms with Gasteiger partial charge in [0.1, 0.15) is 18.1 Å². The number of hydrogen-bond donors (Lipinski definition) is 7. The van der Waals surface area contributed by atoms with Gasteiger partial charge in [0.15, 0.2) is 0 Å². The number of amides is 3. The van der Waals surface area contributed by atoms with Crippen molar-refractivity contribution >= 4 is 42.3 Å². The maximum atomic E-state index is 12.7. The van der Waals surface area contributed by atoms with Gasteiger partial charge in [0.25, 0.3) is 0 Å². The zero-order chi connectivity index (χ0) is 24.3. The van der Waals surface area contributed by atoms with Crippen LogP contribution in [-0.2, 0) is 24.0 Å². The van der Waals surface area contributed by atoms with Gasteiger partial charge in [0.05, 0.1) is 6.04 Å². The highest BCUT2D eigenvalue weighted by Crippen LogP contribution is 2.09. The van der Waals surface area contributed by atoms with Gasteiger partial charge in [0.2, 0.25) is 17.7 Å². The number of carbonyl (C=O) groups is 5. The molecule has 0 saturated heterocycles. The minimum atomic E-state index is -1.24. The van der Waals surface area contributed by atoms with E-state index in [9.17, 15) is 29.1 Å². The van der Waals surface area contributed by atoms with E-state index in [1.54, 1.807) is 13.8 Å². The summed E-state index contributed by atoms with van der Waals surface area (Å²) in [4.78, 5) is 59.8. The van der Waals surface area contributed by atoms with E-state index in [4.69, 9.17) is 10.8 Å². The molecule has 3 amide bonds. The van der Waals surface area contributed by atoms with Crippen LogP contribution < -0.4 is 21.7 Å². The van der Waals surface area contributed by atoms with Gasteiger partial charge in [-0.1, -0.05) is 27.7 Å². The van der Waals surface area contributed by atoms with Crippen LogP contribution in [0.15, 0.2) is 0 Å². The molecule has 178 valence electrons. The van der Waals surface area contributed by atoms with Crippen LogP contribution in [0.2, 0.25) is 0 Å². The zero-order valence-electron chi connectivity index (χ0n) is 18.3. The molecule has 0 fully saturated rings. The van der Waals surface area contributed by atoms with E-state index in [-0.39, 0.29) is 24.5 Å². The number of carbonyl (C=O) groups excluding carboxylic acids is 3. The van der Waals surface area contributed by atoms with Crippen LogP contribution in [0.5, 0.6) is 0 Å². The van der Waals surface area contributed by atoms with E-state index in [1.165, 1.54) is 0 Å². The molecule has 0 spiro atoms. The Labute approximate surface area is 187 Å². The molecule has 11 nitrogen and oxygen atoms in total. The van der Waals surface area contributed by atoms with Crippen LogP contribution in [-0.4, -0.2) is 69.8 Å². The number of hydrogen-bond acceptors (Lipinski definition) is 7. The highest BCUT2D eigenvalue weighted by molar-refractivity contribution is 7.80. The number of nitrogens with two attached hydrogens (primary N) is 1. The topological polar surface area (TPSA) is 188 Å². The van der Waals surface area contributed by atoms with Gasteiger partial charge in [0, 0.05) is 12.2 Å². The van der Waals surface area contributed by atoms with Crippen molar-refractivity contribution in [1.29, 1.82) is 0 Å². The summed E-state index contributed by atoms with van der Waals surface area (Å²) in [5.74, 6) is -4.88. The number of rotatable bonds is 14. The fraction of sp³-hybridized carbons (Fsp3) is 0.737. The summed E-state index contributed by atoms with van der Waals surface area (Å²) in [5, 5.41) is 25.5. The monoisotopic (exact) mass is 462 g/mol. The minimum absolute atomic E-state index is 0.0140. The van der Waals surface area contributed by atoms with Crippen molar-refractivity contribution < 1.29 is 34.2 Å². The quantitative estimate of drug-likeness (QED) is 0.166. The molecule has 0 aromatic carbocycles. The van der Waals surface area contributed by atoms with Gasteiger partial charge in [-0.3, -0.25) is 19.2 Å². The third-order valence-electron chi connectivity index (χ3n) is 4.38. The summed E-state index contributed by atoms with van der Waals surface area (Å²) < 4.78 is 0. The van der Waals surface area contributed by atoms with Crippen molar-refractivity contribution in [2.45, 2.75) is 71.1 Å². The lowest BCUT2D eigenvalue weighted by molar-refractivity contribution is -0.143. The van der Waals surface area contributed by atoms with Crippen LogP contribution >= 0.6 is 12.6 Å². The van der Waals surface area contributed by atoms with E-state index in [1.807, 2.05) is 13.8 Å². The fourth-order valence-electron chi connectivity index (χ4n) is 2.64. The second kappa shape index (κ2) is 13.9. The first-order chi connectivity index (χ1) is 14.3. The molecule has 0 aliphatic heterocycles. The maximum Gasteiger partial charge on any atom is 0.326 e. The van der Waals surface area contributed by atoms with Crippen LogP contribution in [0.3, 0.4) is 0 Å². The fourth-order valence-corrected chi connectivity index (χ4v) is 2.81. The summed E-state index contributed by atoms with van der Waals surface area (Å²) in [6.07, 6.45) is -0.412. The zero-order valence-corrected chi connectivity index (χ0v) is 19.1. The molecule has 31 heavy (non-hydrogen) atoms. The molecule has 7 N–H and O–H groups in total. The Kier molecular flexibility index (Phi) is 12.8. The standard InChI is InChI=1S/C19H34N4O7S/c1-9(2)7-13(19(29)30)22-18(28)15(10(3)4)23-17(27)12(5-6-14(24)25)21-16(26)11(20)8-31/h9-13,15,31H,5-8,20H2,1-4H3,(H,21,26)(H,22,28)(H,23,27)(H,24,25)(H,29,30). The Morgan fingerprint density at radius 3 is 1.84 bits per heavy atom. The van der Waals surface area contributed by atoms with Crippen molar-refractivity contribution in [1.82, 2.24) is 16.0 Å². The largest absolute Gasteiger partial charge is 0.481 e. The molecule has 0 radical (unpaired) electrons. The lowest BCUT2D eigenvalue weighted by atomic mass is 9.99. The van der Waals surface area contributed by atoms with Crippen molar-refractivity contribution in [3.05, 3.63) is 0 Å². The summed E-state index contributed by atoms with van der Waals surface area (Å²) in [6.45, 7) is 6.94. The number of aliphatic carboxylic acids is 2. The lowest BCUT2D eigenvalue weighted by Gasteiger charge is -2.27. The molecular formula is C19H34N4O7S.